The van der Waals surface area contributed by atoms with Crippen LogP contribution >= 0.6 is 22.9 Å². The van der Waals surface area contributed by atoms with Gasteiger partial charge in [-0.05, 0) is 26.2 Å². The highest BCUT2D eigenvalue weighted by atomic mass is 35.5. The summed E-state index contributed by atoms with van der Waals surface area (Å²) in [4.78, 5) is 7.65. The van der Waals surface area contributed by atoms with Crippen LogP contribution in [0.2, 0.25) is 5.02 Å². The van der Waals surface area contributed by atoms with E-state index >= 15 is 0 Å². The van der Waals surface area contributed by atoms with Gasteiger partial charge in [0.2, 0.25) is 0 Å². The Labute approximate surface area is 105 Å². The molecular formula is C12H12ClN2S. The van der Waals surface area contributed by atoms with Crippen molar-refractivity contribution in [2.24, 2.45) is 0 Å². The summed E-state index contributed by atoms with van der Waals surface area (Å²) in [7, 11) is 4.09. The van der Waals surface area contributed by atoms with Gasteiger partial charge in [-0.25, -0.2) is 4.98 Å². The van der Waals surface area contributed by atoms with Gasteiger partial charge in [-0.3, -0.25) is 0 Å². The average molecular weight is 252 g/mol. The van der Waals surface area contributed by atoms with Crippen LogP contribution in [0.25, 0.3) is 11.3 Å². The molecule has 0 N–H and O–H groups in total. The second-order valence-electron chi connectivity index (χ2n) is 3.82. The van der Waals surface area contributed by atoms with E-state index in [0.29, 0.717) is 0 Å². The van der Waals surface area contributed by atoms with Gasteiger partial charge in [-0.15, -0.1) is 11.3 Å². The summed E-state index contributed by atoms with van der Waals surface area (Å²) in [5, 5.41) is 0.747. The highest BCUT2D eigenvalue weighted by Crippen LogP contribution is 2.26. The smallest absolute Gasteiger partial charge is 0.153 e. The Bertz CT molecular complexity index is 462. The molecule has 2 rings (SSSR count). The van der Waals surface area contributed by atoms with E-state index in [1.54, 1.807) is 11.3 Å². The first-order valence-corrected chi connectivity index (χ1v) is 6.12. The molecule has 0 aliphatic carbocycles. The van der Waals surface area contributed by atoms with Crippen LogP contribution in [0, 0.1) is 5.51 Å². The Morgan fingerprint density at radius 1 is 1.31 bits per heavy atom. The van der Waals surface area contributed by atoms with Crippen LogP contribution in [0.5, 0.6) is 0 Å². The summed E-state index contributed by atoms with van der Waals surface area (Å²) in [6, 6.07) is 7.75. The molecule has 16 heavy (non-hydrogen) atoms. The standard InChI is InChI=1S/C12H12ClN2S/c1-15(2)7-11-12(14-8-16-11)9-3-5-10(13)6-4-9/h3-6H,7H2,1-2H3. The molecule has 0 spiro atoms. The van der Waals surface area contributed by atoms with E-state index in [2.05, 4.69) is 15.4 Å². The topological polar surface area (TPSA) is 16.1 Å². The van der Waals surface area contributed by atoms with Gasteiger partial charge in [0.05, 0.1) is 5.69 Å². The molecule has 0 aliphatic heterocycles. The molecule has 0 aliphatic rings. The van der Waals surface area contributed by atoms with Crippen LogP contribution in [0.3, 0.4) is 0 Å². The molecule has 1 heterocycles. The van der Waals surface area contributed by atoms with Crippen molar-refractivity contribution in [1.29, 1.82) is 0 Å². The molecule has 0 amide bonds. The zero-order valence-corrected chi connectivity index (χ0v) is 10.8. The number of hydrogen-bond acceptors (Lipinski definition) is 3. The Kier molecular flexibility index (Phi) is 3.59. The number of hydrogen-bond donors (Lipinski definition) is 0. The van der Waals surface area contributed by atoms with Crippen molar-refractivity contribution in [3.05, 3.63) is 39.7 Å². The van der Waals surface area contributed by atoms with Gasteiger partial charge >= 0.3 is 0 Å². The predicted molar refractivity (Wildman–Crippen MR) is 68.8 cm³/mol. The van der Waals surface area contributed by atoms with Crippen molar-refractivity contribution in [3.8, 4) is 11.3 Å². The molecule has 2 nitrogen and oxygen atoms in total. The van der Waals surface area contributed by atoms with Crippen molar-refractivity contribution < 1.29 is 0 Å². The summed E-state index contributed by atoms with van der Waals surface area (Å²) in [6.07, 6.45) is 0. The van der Waals surface area contributed by atoms with E-state index in [1.165, 1.54) is 4.88 Å². The Morgan fingerprint density at radius 3 is 2.62 bits per heavy atom. The van der Waals surface area contributed by atoms with Gasteiger partial charge in [0.1, 0.15) is 0 Å². The lowest BCUT2D eigenvalue weighted by atomic mass is 10.1. The Morgan fingerprint density at radius 2 is 2.00 bits per heavy atom. The van der Waals surface area contributed by atoms with Crippen molar-refractivity contribution in [3.63, 3.8) is 0 Å². The predicted octanol–water partition coefficient (Wildman–Crippen LogP) is 3.33. The lowest BCUT2D eigenvalue weighted by Crippen LogP contribution is -2.10. The summed E-state index contributed by atoms with van der Waals surface area (Å²) >= 11 is 7.43. The van der Waals surface area contributed by atoms with Gasteiger partial charge in [0, 0.05) is 22.0 Å². The first-order chi connectivity index (χ1) is 7.66. The average Bonchev–Trinajstić information content (AvgIpc) is 2.66. The molecule has 0 fully saturated rings. The molecule has 2 aromatic rings. The van der Waals surface area contributed by atoms with Crippen molar-refractivity contribution in [2.45, 2.75) is 6.54 Å². The van der Waals surface area contributed by atoms with E-state index < -0.39 is 0 Å². The molecule has 0 saturated heterocycles. The molecule has 1 aromatic heterocycles. The van der Waals surface area contributed by atoms with E-state index in [0.717, 1.165) is 22.8 Å². The molecule has 0 unspecified atom stereocenters. The summed E-state index contributed by atoms with van der Waals surface area (Å²) in [6.45, 7) is 0.888. The summed E-state index contributed by atoms with van der Waals surface area (Å²) < 4.78 is 0. The second-order valence-corrected chi connectivity index (χ2v) is 5.14. The fourth-order valence-corrected chi connectivity index (χ4v) is 2.42. The third-order valence-corrected chi connectivity index (χ3v) is 3.17. The van der Waals surface area contributed by atoms with Gasteiger partial charge in [0.25, 0.3) is 0 Å². The highest BCUT2D eigenvalue weighted by molar-refractivity contribution is 7.09. The molecule has 83 valence electrons. The van der Waals surface area contributed by atoms with Crippen LogP contribution in [0.1, 0.15) is 4.88 Å². The first-order valence-electron chi connectivity index (χ1n) is 4.93. The van der Waals surface area contributed by atoms with Crippen molar-refractivity contribution >= 4 is 22.9 Å². The van der Waals surface area contributed by atoms with Crippen LogP contribution < -0.4 is 0 Å². The molecule has 1 radical (unpaired) electrons. The highest BCUT2D eigenvalue weighted by Gasteiger charge is 2.09. The number of benzene rings is 1. The normalized spacial score (nSPS) is 11.0. The zero-order valence-electron chi connectivity index (χ0n) is 9.20. The molecule has 0 atom stereocenters. The first kappa shape index (κ1) is 11.6. The fourth-order valence-electron chi connectivity index (χ4n) is 1.46. The van der Waals surface area contributed by atoms with Gasteiger partial charge in [-0.1, -0.05) is 23.7 Å². The monoisotopic (exact) mass is 251 g/mol. The number of aromatic nitrogens is 1. The van der Waals surface area contributed by atoms with E-state index in [9.17, 15) is 0 Å². The van der Waals surface area contributed by atoms with Crippen LogP contribution in [0.15, 0.2) is 24.3 Å². The third kappa shape index (κ3) is 2.61. The van der Waals surface area contributed by atoms with E-state index in [-0.39, 0.29) is 0 Å². The number of thiazole rings is 1. The zero-order chi connectivity index (χ0) is 11.5. The maximum absolute atomic E-state index is 5.86. The largest absolute Gasteiger partial charge is 0.304 e. The van der Waals surface area contributed by atoms with Crippen LogP contribution in [-0.4, -0.2) is 24.0 Å². The minimum Gasteiger partial charge on any atom is -0.304 e. The molecule has 0 saturated carbocycles. The summed E-state index contributed by atoms with van der Waals surface area (Å²) in [5.74, 6) is 0. The van der Waals surface area contributed by atoms with E-state index in [4.69, 9.17) is 11.6 Å². The van der Waals surface area contributed by atoms with Crippen molar-refractivity contribution in [2.75, 3.05) is 14.1 Å². The third-order valence-electron chi connectivity index (χ3n) is 2.17. The fraction of sp³-hybridized carbons (Fsp3) is 0.250. The van der Waals surface area contributed by atoms with Gasteiger partial charge in [0.15, 0.2) is 5.51 Å². The van der Waals surface area contributed by atoms with Gasteiger partial charge < -0.3 is 4.90 Å². The minimum absolute atomic E-state index is 0.747. The lowest BCUT2D eigenvalue weighted by molar-refractivity contribution is 0.406. The van der Waals surface area contributed by atoms with Crippen molar-refractivity contribution in [1.82, 2.24) is 9.88 Å². The quantitative estimate of drug-likeness (QED) is 0.832. The molecule has 1 aromatic carbocycles. The summed E-state index contributed by atoms with van der Waals surface area (Å²) in [5.41, 5.74) is 5.05. The van der Waals surface area contributed by atoms with E-state index in [1.807, 2.05) is 38.4 Å². The molecule has 0 bridgehead atoms. The number of halogens is 1. The molecular weight excluding hydrogens is 240 g/mol. The number of rotatable bonds is 3. The van der Waals surface area contributed by atoms with Gasteiger partial charge in [-0.2, -0.15) is 0 Å². The Hall–Kier alpha value is -0.900. The number of nitrogens with zero attached hydrogens (tertiary/aromatic N) is 2. The lowest BCUT2D eigenvalue weighted by Gasteiger charge is -2.09. The van der Waals surface area contributed by atoms with Crippen LogP contribution in [0.4, 0.5) is 0 Å². The maximum atomic E-state index is 5.86. The SMILES string of the molecule is CN(C)Cc1s[c]nc1-c1ccc(Cl)cc1. The molecule has 4 heteroatoms. The minimum atomic E-state index is 0.747. The maximum Gasteiger partial charge on any atom is 0.153 e. The second kappa shape index (κ2) is 4.95. The Balaban J connectivity index is 2.33. The van der Waals surface area contributed by atoms with Crippen LogP contribution in [-0.2, 0) is 6.54 Å².